The van der Waals surface area contributed by atoms with Gasteiger partial charge in [0.2, 0.25) is 10.0 Å². The first-order valence-corrected chi connectivity index (χ1v) is 11.2. The maximum absolute atomic E-state index is 12.9. The number of para-hydroxylation sites is 1. The molecule has 0 saturated heterocycles. The normalized spacial score (nSPS) is 13.0. The molecular weight excluding hydrogens is 418 g/mol. The Balaban J connectivity index is 1.65. The molecular formula is C22H23N3O5S. The molecule has 2 heterocycles. The van der Waals surface area contributed by atoms with Gasteiger partial charge in [-0.25, -0.2) is 8.42 Å². The van der Waals surface area contributed by atoms with Crippen LogP contribution < -0.4 is 4.72 Å². The molecule has 0 aliphatic heterocycles. The van der Waals surface area contributed by atoms with E-state index >= 15 is 0 Å². The number of ether oxygens (including phenoxy) is 1. The SMILES string of the molecule is Cc1onc(C(NS(=O)(=O)c2ccccc2)OCn2cc(CO)c3ccccc32)c1C. The van der Waals surface area contributed by atoms with Crippen LogP contribution in [0.5, 0.6) is 0 Å². The average Bonchev–Trinajstić information content (AvgIpc) is 3.31. The van der Waals surface area contributed by atoms with Gasteiger partial charge in [0.1, 0.15) is 18.2 Å². The van der Waals surface area contributed by atoms with Crippen molar-refractivity contribution in [2.45, 2.75) is 38.3 Å². The fraction of sp³-hybridized carbons (Fsp3) is 0.227. The highest BCUT2D eigenvalue weighted by Gasteiger charge is 2.27. The Bertz CT molecular complexity index is 1300. The minimum absolute atomic E-state index is 0.0356. The minimum Gasteiger partial charge on any atom is -0.392 e. The smallest absolute Gasteiger partial charge is 0.243 e. The van der Waals surface area contributed by atoms with E-state index in [-0.39, 0.29) is 18.2 Å². The average molecular weight is 442 g/mol. The molecule has 0 saturated carbocycles. The first-order chi connectivity index (χ1) is 14.9. The third-order valence-corrected chi connectivity index (χ3v) is 6.60. The van der Waals surface area contributed by atoms with Gasteiger partial charge in [-0.1, -0.05) is 41.6 Å². The second-order valence-electron chi connectivity index (χ2n) is 7.16. The molecule has 8 nitrogen and oxygen atoms in total. The summed E-state index contributed by atoms with van der Waals surface area (Å²) >= 11 is 0. The van der Waals surface area contributed by atoms with Crippen LogP contribution in [0.2, 0.25) is 0 Å². The largest absolute Gasteiger partial charge is 0.392 e. The number of rotatable bonds is 8. The number of aryl methyl sites for hydroxylation is 1. The van der Waals surface area contributed by atoms with Crippen LogP contribution in [-0.4, -0.2) is 23.2 Å². The van der Waals surface area contributed by atoms with Crippen molar-refractivity contribution in [1.29, 1.82) is 0 Å². The molecule has 2 aromatic carbocycles. The van der Waals surface area contributed by atoms with E-state index in [0.29, 0.717) is 17.0 Å². The van der Waals surface area contributed by atoms with Gasteiger partial charge in [0.25, 0.3) is 0 Å². The molecule has 0 bridgehead atoms. The molecule has 1 atom stereocenters. The van der Waals surface area contributed by atoms with Crippen LogP contribution >= 0.6 is 0 Å². The lowest BCUT2D eigenvalue weighted by molar-refractivity contribution is -0.00333. The number of sulfonamides is 1. The zero-order valence-electron chi connectivity index (χ0n) is 17.1. The number of nitrogens with zero attached hydrogens (tertiary/aromatic N) is 2. The van der Waals surface area contributed by atoms with Crippen LogP contribution in [0.1, 0.15) is 28.8 Å². The second kappa shape index (κ2) is 8.64. The van der Waals surface area contributed by atoms with Gasteiger partial charge in [-0.3, -0.25) is 0 Å². The van der Waals surface area contributed by atoms with Gasteiger partial charge in [0, 0.05) is 22.7 Å². The van der Waals surface area contributed by atoms with Gasteiger partial charge in [0.15, 0.2) is 6.23 Å². The third-order valence-electron chi connectivity index (χ3n) is 5.18. The monoisotopic (exact) mass is 441 g/mol. The number of fused-ring (bicyclic) bond motifs is 1. The van der Waals surface area contributed by atoms with Gasteiger partial charge in [-0.15, -0.1) is 0 Å². The van der Waals surface area contributed by atoms with E-state index in [0.717, 1.165) is 16.5 Å². The summed E-state index contributed by atoms with van der Waals surface area (Å²) in [6.07, 6.45) is 0.718. The van der Waals surface area contributed by atoms with Crippen LogP contribution in [-0.2, 0) is 28.1 Å². The minimum atomic E-state index is -3.87. The Morgan fingerprint density at radius 1 is 1.13 bits per heavy atom. The fourth-order valence-electron chi connectivity index (χ4n) is 3.37. The van der Waals surface area contributed by atoms with Crippen molar-refractivity contribution in [2.24, 2.45) is 0 Å². The lowest BCUT2D eigenvalue weighted by atomic mass is 10.2. The van der Waals surface area contributed by atoms with Crippen LogP contribution in [0.25, 0.3) is 10.9 Å². The zero-order chi connectivity index (χ0) is 22.0. The summed E-state index contributed by atoms with van der Waals surface area (Å²) in [4.78, 5) is 0.121. The Morgan fingerprint density at radius 2 is 1.84 bits per heavy atom. The van der Waals surface area contributed by atoms with E-state index < -0.39 is 16.3 Å². The fourth-order valence-corrected chi connectivity index (χ4v) is 4.48. The Hall–Kier alpha value is -2.98. The summed E-state index contributed by atoms with van der Waals surface area (Å²) in [5.74, 6) is 0.580. The summed E-state index contributed by atoms with van der Waals surface area (Å²) < 4.78 is 41.5. The van der Waals surface area contributed by atoms with Crippen LogP contribution in [0.15, 0.2) is 70.2 Å². The second-order valence-corrected chi connectivity index (χ2v) is 8.87. The number of nitrogens with one attached hydrogen (secondary N) is 1. The van der Waals surface area contributed by atoms with Crippen molar-refractivity contribution >= 4 is 20.9 Å². The first kappa shape index (κ1) is 21.3. The van der Waals surface area contributed by atoms with Gasteiger partial charge in [-0.05, 0) is 32.0 Å². The van der Waals surface area contributed by atoms with Crippen LogP contribution in [0.3, 0.4) is 0 Å². The summed E-state index contributed by atoms with van der Waals surface area (Å²) in [7, 11) is -3.87. The molecule has 2 N–H and O–H groups in total. The zero-order valence-corrected chi connectivity index (χ0v) is 18.0. The van der Waals surface area contributed by atoms with E-state index in [9.17, 15) is 13.5 Å². The highest BCUT2D eigenvalue weighted by Crippen LogP contribution is 2.26. The molecule has 9 heteroatoms. The topological polar surface area (TPSA) is 107 Å². The van der Waals surface area contributed by atoms with E-state index in [1.54, 1.807) is 38.2 Å². The maximum atomic E-state index is 12.9. The Kier molecular flexibility index (Phi) is 5.92. The number of hydrogen-bond acceptors (Lipinski definition) is 6. The van der Waals surface area contributed by atoms with Crippen LogP contribution in [0.4, 0.5) is 0 Å². The van der Waals surface area contributed by atoms with Crippen LogP contribution in [0, 0.1) is 13.8 Å². The van der Waals surface area contributed by atoms with E-state index in [1.165, 1.54) is 12.1 Å². The molecule has 162 valence electrons. The van der Waals surface area contributed by atoms with Crippen molar-refractivity contribution in [3.63, 3.8) is 0 Å². The number of aromatic nitrogens is 2. The molecule has 4 aromatic rings. The van der Waals surface area contributed by atoms with Crippen molar-refractivity contribution in [3.05, 3.63) is 83.4 Å². The van der Waals surface area contributed by atoms with Gasteiger partial charge < -0.3 is 18.9 Å². The first-order valence-electron chi connectivity index (χ1n) is 9.70. The molecule has 1 unspecified atom stereocenters. The summed E-state index contributed by atoms with van der Waals surface area (Å²) in [6.45, 7) is 3.47. The summed E-state index contributed by atoms with van der Waals surface area (Å²) in [5.41, 5.74) is 2.68. The lowest BCUT2D eigenvalue weighted by Gasteiger charge is -2.19. The van der Waals surface area contributed by atoms with Crippen molar-refractivity contribution in [2.75, 3.05) is 0 Å². The van der Waals surface area contributed by atoms with Crippen molar-refractivity contribution in [3.8, 4) is 0 Å². The summed E-state index contributed by atoms with van der Waals surface area (Å²) in [6, 6.07) is 15.7. The number of aliphatic hydroxyl groups is 1. The highest BCUT2D eigenvalue weighted by atomic mass is 32.2. The van der Waals surface area contributed by atoms with Gasteiger partial charge >= 0.3 is 0 Å². The van der Waals surface area contributed by atoms with Gasteiger partial charge in [-0.2, -0.15) is 4.72 Å². The van der Waals surface area contributed by atoms with Crippen molar-refractivity contribution in [1.82, 2.24) is 14.4 Å². The van der Waals surface area contributed by atoms with Gasteiger partial charge in [0.05, 0.1) is 17.0 Å². The molecule has 0 amide bonds. The number of aliphatic hydroxyl groups excluding tert-OH is 1. The molecule has 4 rings (SSSR count). The highest BCUT2D eigenvalue weighted by molar-refractivity contribution is 7.89. The standard InChI is InChI=1S/C22H23N3O5S/c1-15-16(2)30-23-21(15)22(24-31(27,28)18-8-4-3-5-9-18)29-14-25-12-17(13-26)19-10-6-7-11-20(19)25/h3-12,22,24,26H,13-14H2,1-2H3. The number of hydrogen-bond donors (Lipinski definition) is 2. The Labute approximate surface area is 180 Å². The molecule has 0 aliphatic rings. The van der Waals surface area contributed by atoms with E-state index in [4.69, 9.17) is 9.26 Å². The molecule has 0 spiro atoms. The molecule has 0 aliphatic carbocycles. The van der Waals surface area contributed by atoms with E-state index in [2.05, 4.69) is 9.88 Å². The summed E-state index contributed by atoms with van der Waals surface area (Å²) in [5, 5.41) is 14.6. The lowest BCUT2D eigenvalue weighted by Crippen LogP contribution is -2.31. The van der Waals surface area contributed by atoms with Crippen molar-refractivity contribution < 1.29 is 22.8 Å². The Morgan fingerprint density at radius 3 is 2.52 bits per heavy atom. The maximum Gasteiger partial charge on any atom is 0.243 e. The predicted octanol–water partition coefficient (Wildman–Crippen LogP) is 3.39. The molecule has 0 fully saturated rings. The third kappa shape index (κ3) is 4.26. The predicted molar refractivity (Wildman–Crippen MR) is 114 cm³/mol. The molecule has 2 aromatic heterocycles. The van der Waals surface area contributed by atoms with E-state index in [1.807, 2.05) is 28.8 Å². The quantitative estimate of drug-likeness (QED) is 0.406. The molecule has 31 heavy (non-hydrogen) atoms. The number of benzene rings is 2. The molecule has 0 radical (unpaired) electrons.